The molecule has 0 aliphatic carbocycles. The Balaban J connectivity index is 2.92. The van der Waals surface area contributed by atoms with Crippen molar-refractivity contribution in [2.75, 3.05) is 4.42 Å². The third-order valence-electron chi connectivity index (χ3n) is 1.14. The van der Waals surface area contributed by atoms with E-state index >= 15 is 0 Å². The molecule has 0 heterocycles. The normalized spacial score (nSPS) is 8.82. The number of nitriles is 1. The maximum Gasteiger partial charge on any atom is 0.200 e. The Morgan fingerprint density at radius 2 is 1.82 bits per heavy atom. The van der Waals surface area contributed by atoms with Crippen molar-refractivity contribution in [3.8, 4) is 6.19 Å². The van der Waals surface area contributed by atoms with E-state index in [1.165, 1.54) is 0 Å². The van der Waals surface area contributed by atoms with Crippen molar-refractivity contribution in [3.63, 3.8) is 0 Å². The molecule has 11 heavy (non-hydrogen) atoms. The van der Waals surface area contributed by atoms with E-state index in [1.54, 1.807) is 30.5 Å². The number of anilines is 1. The lowest BCUT2D eigenvalue weighted by Gasteiger charge is -2.03. The van der Waals surface area contributed by atoms with E-state index in [9.17, 15) is 0 Å². The minimum absolute atomic E-state index is 0.610. The van der Waals surface area contributed by atoms with E-state index in [4.69, 9.17) is 28.6 Å². The summed E-state index contributed by atoms with van der Waals surface area (Å²) in [6, 6.07) is 6.67. The Labute approximate surface area is 74.7 Å². The van der Waals surface area contributed by atoms with E-state index in [2.05, 4.69) is 0 Å². The first-order valence-electron chi connectivity index (χ1n) is 2.85. The molecule has 0 bridgehead atoms. The van der Waals surface area contributed by atoms with Crippen molar-refractivity contribution < 1.29 is 0 Å². The van der Waals surface area contributed by atoms with Gasteiger partial charge in [0.1, 0.15) is 0 Å². The van der Waals surface area contributed by atoms with Crippen LogP contribution >= 0.6 is 23.4 Å². The molecule has 4 heteroatoms. The van der Waals surface area contributed by atoms with Gasteiger partial charge in [0, 0.05) is 16.8 Å². The van der Waals surface area contributed by atoms with Gasteiger partial charge in [0.2, 0.25) is 0 Å². The second-order valence-electron chi connectivity index (χ2n) is 1.86. The molecule has 2 nitrogen and oxygen atoms in total. The SMILES string of the molecule is N#CN(Cl)c1ccc(Cl)cc1. The standard InChI is InChI=1S/C7H4Cl2N2/c8-6-1-3-7(4-2-6)11(9)5-10/h1-4H. The van der Waals surface area contributed by atoms with Gasteiger partial charge in [-0.25, -0.2) is 0 Å². The number of halogens is 2. The molecule has 0 atom stereocenters. The highest BCUT2D eigenvalue weighted by Gasteiger charge is 1.98. The molecule has 0 aromatic heterocycles. The van der Waals surface area contributed by atoms with Gasteiger partial charge in [-0.2, -0.15) is 9.68 Å². The summed E-state index contributed by atoms with van der Waals surface area (Å²) in [5.41, 5.74) is 0.610. The molecule has 0 N–H and O–H groups in total. The number of nitrogens with zero attached hydrogens (tertiary/aromatic N) is 2. The molecule has 0 aliphatic heterocycles. The van der Waals surface area contributed by atoms with Gasteiger partial charge in [0.25, 0.3) is 0 Å². The summed E-state index contributed by atoms with van der Waals surface area (Å²) in [6.45, 7) is 0. The van der Waals surface area contributed by atoms with E-state index < -0.39 is 0 Å². The van der Waals surface area contributed by atoms with E-state index in [0.717, 1.165) is 4.42 Å². The van der Waals surface area contributed by atoms with Gasteiger partial charge < -0.3 is 0 Å². The molecule has 1 aromatic rings. The summed E-state index contributed by atoms with van der Waals surface area (Å²) >= 11 is 11.1. The summed E-state index contributed by atoms with van der Waals surface area (Å²) in [5, 5.41) is 8.99. The van der Waals surface area contributed by atoms with Crippen molar-refractivity contribution in [1.29, 1.82) is 5.26 Å². The van der Waals surface area contributed by atoms with Crippen LogP contribution in [0.3, 0.4) is 0 Å². The number of hydrogen-bond donors (Lipinski definition) is 0. The molecule has 0 unspecified atom stereocenters. The Bertz CT molecular complexity index is 275. The zero-order chi connectivity index (χ0) is 8.27. The topological polar surface area (TPSA) is 27.0 Å². The van der Waals surface area contributed by atoms with Crippen LogP contribution in [0.4, 0.5) is 5.69 Å². The highest BCUT2D eigenvalue weighted by atomic mass is 35.5. The summed E-state index contributed by atoms with van der Waals surface area (Å²) in [5.74, 6) is 0. The zero-order valence-corrected chi connectivity index (χ0v) is 6.97. The van der Waals surface area contributed by atoms with Gasteiger partial charge >= 0.3 is 0 Å². The van der Waals surface area contributed by atoms with Gasteiger partial charge in [0.15, 0.2) is 6.19 Å². The van der Waals surface area contributed by atoms with Crippen molar-refractivity contribution in [1.82, 2.24) is 0 Å². The molecular formula is C7H4Cl2N2. The second-order valence-corrected chi connectivity index (χ2v) is 2.63. The van der Waals surface area contributed by atoms with Gasteiger partial charge in [-0.3, -0.25) is 0 Å². The summed E-state index contributed by atoms with van der Waals surface area (Å²) < 4.78 is 0.941. The van der Waals surface area contributed by atoms with Crippen LogP contribution in [0.5, 0.6) is 0 Å². The fraction of sp³-hybridized carbons (Fsp3) is 0. The maximum absolute atomic E-state index is 8.37. The maximum atomic E-state index is 8.37. The van der Waals surface area contributed by atoms with Crippen LogP contribution in [0.2, 0.25) is 5.02 Å². The predicted molar refractivity (Wildman–Crippen MR) is 45.4 cm³/mol. The van der Waals surface area contributed by atoms with Crippen LogP contribution in [0.1, 0.15) is 0 Å². The first kappa shape index (κ1) is 8.19. The van der Waals surface area contributed by atoms with Crippen LogP contribution in [0.25, 0.3) is 0 Å². The lowest BCUT2D eigenvalue weighted by atomic mass is 10.3. The third-order valence-corrected chi connectivity index (χ3v) is 1.66. The van der Waals surface area contributed by atoms with E-state index in [-0.39, 0.29) is 0 Å². The van der Waals surface area contributed by atoms with Crippen molar-refractivity contribution >= 4 is 29.1 Å². The van der Waals surface area contributed by atoms with Crippen molar-refractivity contribution in [2.45, 2.75) is 0 Å². The van der Waals surface area contributed by atoms with Crippen molar-refractivity contribution in [2.24, 2.45) is 0 Å². The van der Waals surface area contributed by atoms with Crippen LogP contribution in [-0.4, -0.2) is 0 Å². The highest BCUT2D eigenvalue weighted by Crippen LogP contribution is 2.18. The predicted octanol–water partition coefficient (Wildman–Crippen LogP) is 2.78. The minimum Gasteiger partial charge on any atom is -0.188 e. The highest BCUT2D eigenvalue weighted by molar-refractivity contribution is 6.31. The quantitative estimate of drug-likeness (QED) is 0.384. The van der Waals surface area contributed by atoms with Crippen LogP contribution < -0.4 is 4.42 Å². The lowest BCUT2D eigenvalue weighted by Crippen LogP contribution is -1.98. The Hall–Kier alpha value is -0.910. The lowest BCUT2D eigenvalue weighted by molar-refractivity contribution is 1.38. The monoisotopic (exact) mass is 186 g/mol. The molecule has 56 valence electrons. The van der Waals surface area contributed by atoms with Crippen LogP contribution in [-0.2, 0) is 0 Å². The van der Waals surface area contributed by atoms with Crippen molar-refractivity contribution in [3.05, 3.63) is 29.3 Å². The molecule has 0 saturated heterocycles. The molecule has 1 aromatic carbocycles. The van der Waals surface area contributed by atoms with E-state index in [1.807, 2.05) is 0 Å². The molecule has 1 rings (SSSR count). The molecular weight excluding hydrogens is 183 g/mol. The summed E-state index contributed by atoms with van der Waals surface area (Å²) in [7, 11) is 0. The average molecular weight is 187 g/mol. The van der Waals surface area contributed by atoms with Gasteiger partial charge in [-0.1, -0.05) is 11.6 Å². The third kappa shape index (κ3) is 2.01. The number of rotatable bonds is 1. The van der Waals surface area contributed by atoms with Crippen LogP contribution in [0.15, 0.2) is 24.3 Å². The fourth-order valence-corrected chi connectivity index (χ4v) is 0.868. The largest absolute Gasteiger partial charge is 0.200 e. The molecule has 0 amide bonds. The Morgan fingerprint density at radius 1 is 1.27 bits per heavy atom. The summed E-state index contributed by atoms with van der Waals surface area (Å²) in [6.07, 6.45) is 1.76. The summed E-state index contributed by atoms with van der Waals surface area (Å²) in [4.78, 5) is 0. The first-order valence-corrected chi connectivity index (χ1v) is 3.57. The molecule has 0 saturated carbocycles. The zero-order valence-electron chi connectivity index (χ0n) is 5.46. The number of hydrogen-bond acceptors (Lipinski definition) is 2. The van der Waals surface area contributed by atoms with Crippen LogP contribution in [0, 0.1) is 11.5 Å². The molecule has 0 fully saturated rings. The molecule has 0 aliphatic rings. The molecule has 0 radical (unpaired) electrons. The van der Waals surface area contributed by atoms with Gasteiger partial charge in [-0.15, -0.1) is 0 Å². The number of benzene rings is 1. The smallest absolute Gasteiger partial charge is 0.188 e. The Morgan fingerprint density at radius 3 is 2.27 bits per heavy atom. The van der Waals surface area contributed by atoms with E-state index in [0.29, 0.717) is 10.7 Å². The van der Waals surface area contributed by atoms with Gasteiger partial charge in [0.05, 0.1) is 5.69 Å². The fourth-order valence-electron chi connectivity index (χ4n) is 0.630. The average Bonchev–Trinajstić information content (AvgIpc) is 2.05. The first-order chi connectivity index (χ1) is 5.24. The minimum atomic E-state index is 0.610. The Kier molecular flexibility index (Phi) is 2.58. The second kappa shape index (κ2) is 3.47. The molecule has 0 spiro atoms. The van der Waals surface area contributed by atoms with Gasteiger partial charge in [-0.05, 0) is 24.3 Å².